The molecule has 0 aliphatic heterocycles. The van der Waals surface area contributed by atoms with Gasteiger partial charge in [0.05, 0.1) is 28.4 Å². The molecule has 0 amide bonds. The zero-order valence-electron chi connectivity index (χ0n) is 40.8. The van der Waals surface area contributed by atoms with Crippen molar-refractivity contribution in [3.05, 3.63) is 279 Å². The highest BCUT2D eigenvalue weighted by Gasteiger charge is 2.21. The second kappa shape index (κ2) is 18.7. The lowest BCUT2D eigenvalue weighted by Gasteiger charge is -2.26. The van der Waals surface area contributed by atoms with Crippen LogP contribution in [0.25, 0.3) is 116 Å². The Morgan fingerprint density at radius 1 is 0.293 bits per heavy atom. The average molecular weight is 975 g/mol. The number of aromatic nitrogens is 3. The number of anilines is 3. The number of hydrogen-bond donors (Lipinski definition) is 0. The lowest BCUT2D eigenvalue weighted by molar-refractivity contribution is 1.18. The molecular weight excluding hydrogens is 929 g/mol. The van der Waals surface area contributed by atoms with E-state index >= 15 is 0 Å². The van der Waals surface area contributed by atoms with Crippen LogP contribution in [0, 0.1) is 0 Å². The highest BCUT2D eigenvalue weighted by molar-refractivity contribution is 7.00. The standard InChI is InChI=1S/C70H46N4S/c1-4-12-47(13-5-1)50-20-24-52(25-21-50)58-34-41-66-64(45-58)65-46-59(53-26-22-51(23-27-53)48-14-6-2-7-15-48)35-42-67(65)74(66)62-38-32-55(33-39-62)63-40-43-68(70-69(63)71-75-72-70)73(60-18-8-3-9-19-60)61-36-30-54(31-37-61)57-29-28-49-16-10-11-17-56(49)44-57/h1-46H. The maximum Gasteiger partial charge on any atom is 0.129 e. The van der Waals surface area contributed by atoms with Crippen molar-refractivity contribution in [1.29, 1.82) is 0 Å². The molecule has 0 unspecified atom stereocenters. The fraction of sp³-hybridized carbons (Fsp3) is 0. The minimum absolute atomic E-state index is 0.863. The summed E-state index contributed by atoms with van der Waals surface area (Å²) in [6.45, 7) is 0. The van der Waals surface area contributed by atoms with Crippen LogP contribution in [0.4, 0.5) is 17.1 Å². The Balaban J connectivity index is 0.829. The molecule has 2 heterocycles. The fourth-order valence-corrected chi connectivity index (χ4v) is 11.4. The van der Waals surface area contributed by atoms with Crippen LogP contribution in [0.3, 0.4) is 0 Å². The molecule has 352 valence electrons. The van der Waals surface area contributed by atoms with E-state index in [1.165, 1.54) is 88.9 Å². The summed E-state index contributed by atoms with van der Waals surface area (Å²) in [6.07, 6.45) is 0. The fourth-order valence-electron chi connectivity index (χ4n) is 10.9. The molecular formula is C70H46N4S. The maximum absolute atomic E-state index is 4.98. The van der Waals surface area contributed by atoms with Crippen LogP contribution in [0.15, 0.2) is 279 Å². The Kier molecular flexibility index (Phi) is 11.0. The summed E-state index contributed by atoms with van der Waals surface area (Å²) >= 11 is 1.26. The molecule has 0 saturated carbocycles. The van der Waals surface area contributed by atoms with E-state index in [1.807, 2.05) is 0 Å². The van der Waals surface area contributed by atoms with Gasteiger partial charge in [0.1, 0.15) is 11.0 Å². The molecule has 12 aromatic carbocycles. The maximum atomic E-state index is 4.98. The van der Waals surface area contributed by atoms with Crippen molar-refractivity contribution in [3.8, 4) is 72.4 Å². The third-order valence-corrected chi connectivity index (χ3v) is 15.2. The third-order valence-electron chi connectivity index (χ3n) is 14.7. The van der Waals surface area contributed by atoms with Crippen molar-refractivity contribution in [2.45, 2.75) is 0 Å². The first-order chi connectivity index (χ1) is 37.2. The molecule has 14 aromatic rings. The van der Waals surface area contributed by atoms with Crippen molar-refractivity contribution < 1.29 is 0 Å². The summed E-state index contributed by atoms with van der Waals surface area (Å²) < 4.78 is 12.3. The third kappa shape index (κ3) is 8.13. The first-order valence-corrected chi connectivity index (χ1v) is 26.1. The Morgan fingerprint density at radius 3 is 1.28 bits per heavy atom. The summed E-state index contributed by atoms with van der Waals surface area (Å²) in [4.78, 5) is 2.29. The molecule has 75 heavy (non-hydrogen) atoms. The smallest absolute Gasteiger partial charge is 0.129 e. The van der Waals surface area contributed by atoms with Gasteiger partial charge in [-0.15, -0.1) is 0 Å². The Bertz CT molecular complexity index is 4220. The molecule has 14 rings (SSSR count). The van der Waals surface area contributed by atoms with Gasteiger partial charge in [-0.25, -0.2) is 0 Å². The van der Waals surface area contributed by atoms with Gasteiger partial charge in [-0.3, -0.25) is 0 Å². The van der Waals surface area contributed by atoms with E-state index in [1.54, 1.807) is 0 Å². The predicted molar refractivity (Wildman–Crippen MR) is 317 cm³/mol. The Labute approximate surface area is 439 Å². The van der Waals surface area contributed by atoms with E-state index in [-0.39, 0.29) is 0 Å². The summed E-state index contributed by atoms with van der Waals surface area (Å²) in [5.74, 6) is 0. The SMILES string of the molecule is c1ccc(-c2ccc(-c3ccc4c(c3)c3cc(-c5ccc(-c6ccccc6)cc5)ccc3n4-c3ccc(-c4ccc(N(c5ccccc5)c5ccc(-c6ccc7ccccc7c6)cc5)c5nsnc45)cc3)cc2)cc1. The summed E-state index contributed by atoms with van der Waals surface area (Å²) in [6, 6.07) is 101. The van der Waals surface area contributed by atoms with Crippen molar-refractivity contribution in [1.82, 2.24) is 13.3 Å². The molecule has 5 heteroatoms. The van der Waals surface area contributed by atoms with E-state index in [0.717, 1.165) is 55.9 Å². The summed E-state index contributed by atoms with van der Waals surface area (Å²) in [7, 11) is 0. The second-order valence-corrected chi connectivity index (χ2v) is 19.6. The molecule has 0 aliphatic carbocycles. The van der Waals surface area contributed by atoms with E-state index in [0.29, 0.717) is 0 Å². The topological polar surface area (TPSA) is 34.0 Å². The zero-order valence-corrected chi connectivity index (χ0v) is 41.6. The van der Waals surface area contributed by atoms with Gasteiger partial charge in [-0.1, -0.05) is 200 Å². The van der Waals surface area contributed by atoms with Crippen molar-refractivity contribution in [2.24, 2.45) is 0 Å². The molecule has 4 nitrogen and oxygen atoms in total. The van der Waals surface area contributed by atoms with E-state index in [9.17, 15) is 0 Å². The minimum atomic E-state index is 0.863. The van der Waals surface area contributed by atoms with Gasteiger partial charge in [0.25, 0.3) is 0 Å². The van der Waals surface area contributed by atoms with Gasteiger partial charge in [-0.2, -0.15) is 8.75 Å². The second-order valence-electron chi connectivity index (χ2n) is 19.1. The highest BCUT2D eigenvalue weighted by atomic mass is 32.1. The summed E-state index contributed by atoms with van der Waals surface area (Å²) in [5.41, 5.74) is 22.3. The van der Waals surface area contributed by atoms with Gasteiger partial charge in [-0.05, 0) is 151 Å². The normalized spacial score (nSPS) is 11.5. The van der Waals surface area contributed by atoms with Gasteiger partial charge < -0.3 is 9.47 Å². The van der Waals surface area contributed by atoms with Crippen LogP contribution in [0.2, 0.25) is 0 Å². The lowest BCUT2D eigenvalue weighted by Crippen LogP contribution is -2.10. The van der Waals surface area contributed by atoms with Crippen LogP contribution in [-0.4, -0.2) is 13.3 Å². The molecule has 2 aromatic heterocycles. The zero-order chi connectivity index (χ0) is 49.7. The van der Waals surface area contributed by atoms with Crippen LogP contribution < -0.4 is 4.90 Å². The van der Waals surface area contributed by atoms with Gasteiger partial charge in [0, 0.05) is 33.4 Å². The first-order valence-electron chi connectivity index (χ1n) is 25.4. The molecule has 0 bridgehead atoms. The molecule has 0 radical (unpaired) electrons. The molecule has 0 fully saturated rings. The number of rotatable bonds is 10. The summed E-state index contributed by atoms with van der Waals surface area (Å²) in [5, 5.41) is 4.89. The Hall–Kier alpha value is -9.68. The van der Waals surface area contributed by atoms with Crippen LogP contribution in [0.1, 0.15) is 0 Å². The van der Waals surface area contributed by atoms with Gasteiger partial charge in [0.15, 0.2) is 0 Å². The van der Waals surface area contributed by atoms with Crippen molar-refractivity contribution in [2.75, 3.05) is 4.90 Å². The van der Waals surface area contributed by atoms with Crippen LogP contribution >= 0.6 is 11.7 Å². The average Bonchev–Trinajstić information content (AvgIpc) is 4.13. The minimum Gasteiger partial charge on any atom is -0.309 e. The van der Waals surface area contributed by atoms with Gasteiger partial charge in [0.2, 0.25) is 0 Å². The monoisotopic (exact) mass is 974 g/mol. The van der Waals surface area contributed by atoms with Crippen LogP contribution in [-0.2, 0) is 0 Å². The van der Waals surface area contributed by atoms with Gasteiger partial charge >= 0.3 is 0 Å². The number of hydrogen-bond acceptors (Lipinski definition) is 4. The van der Waals surface area contributed by atoms with Crippen molar-refractivity contribution >= 4 is 72.4 Å². The van der Waals surface area contributed by atoms with Crippen LogP contribution in [0.5, 0.6) is 0 Å². The van der Waals surface area contributed by atoms with E-state index < -0.39 is 0 Å². The Morgan fingerprint density at radius 2 is 0.707 bits per heavy atom. The quantitative estimate of drug-likeness (QED) is 0.137. The van der Waals surface area contributed by atoms with Crippen molar-refractivity contribution in [3.63, 3.8) is 0 Å². The molecule has 0 aliphatic rings. The lowest BCUT2D eigenvalue weighted by atomic mass is 9.97. The largest absolute Gasteiger partial charge is 0.309 e. The van der Waals surface area contributed by atoms with E-state index in [4.69, 9.17) is 8.75 Å². The molecule has 0 saturated heterocycles. The predicted octanol–water partition coefficient (Wildman–Crippen LogP) is 19.4. The van der Waals surface area contributed by atoms with E-state index in [2.05, 4.69) is 289 Å². The first kappa shape index (κ1) is 44.1. The number of para-hydroxylation sites is 1. The number of fused-ring (bicyclic) bond motifs is 5. The number of benzene rings is 12. The highest BCUT2D eigenvalue weighted by Crippen LogP contribution is 2.43. The molecule has 0 atom stereocenters. The molecule has 0 N–H and O–H groups in total. The number of nitrogens with zero attached hydrogens (tertiary/aromatic N) is 4. The molecule has 0 spiro atoms.